The van der Waals surface area contributed by atoms with Crippen molar-refractivity contribution < 1.29 is 18.3 Å². The van der Waals surface area contributed by atoms with Gasteiger partial charge in [0.1, 0.15) is 5.75 Å². The SMILES string of the molecule is O=C(C=Cc1cccs1)Nc1ccccc1OC(F)F. The van der Waals surface area contributed by atoms with Crippen molar-refractivity contribution in [1.82, 2.24) is 0 Å². The molecule has 0 aliphatic heterocycles. The zero-order valence-electron chi connectivity index (χ0n) is 10.3. The van der Waals surface area contributed by atoms with Gasteiger partial charge in [0.15, 0.2) is 0 Å². The van der Waals surface area contributed by atoms with Crippen LogP contribution in [-0.2, 0) is 4.79 Å². The molecule has 1 aromatic carbocycles. The lowest BCUT2D eigenvalue weighted by Gasteiger charge is -2.10. The second kappa shape index (κ2) is 6.81. The molecule has 0 saturated carbocycles. The monoisotopic (exact) mass is 295 g/mol. The summed E-state index contributed by atoms with van der Waals surface area (Å²) in [6.07, 6.45) is 2.99. The first-order valence-electron chi connectivity index (χ1n) is 5.71. The van der Waals surface area contributed by atoms with Crippen LogP contribution in [0.5, 0.6) is 5.75 Å². The Bertz CT molecular complexity index is 597. The fraction of sp³-hybridized carbons (Fsp3) is 0.0714. The third kappa shape index (κ3) is 4.17. The summed E-state index contributed by atoms with van der Waals surface area (Å²) < 4.78 is 28.8. The lowest BCUT2D eigenvalue weighted by Crippen LogP contribution is -2.11. The minimum Gasteiger partial charge on any atom is -0.433 e. The molecular weight excluding hydrogens is 284 g/mol. The highest BCUT2D eigenvalue weighted by molar-refractivity contribution is 7.10. The van der Waals surface area contributed by atoms with Crippen LogP contribution in [0.4, 0.5) is 14.5 Å². The zero-order chi connectivity index (χ0) is 14.4. The van der Waals surface area contributed by atoms with Crippen LogP contribution in [0, 0.1) is 0 Å². The molecule has 2 rings (SSSR count). The Morgan fingerprint density at radius 2 is 2.05 bits per heavy atom. The van der Waals surface area contributed by atoms with Crippen molar-refractivity contribution in [2.45, 2.75) is 6.61 Å². The van der Waals surface area contributed by atoms with E-state index in [0.717, 1.165) is 4.88 Å². The van der Waals surface area contributed by atoms with Crippen LogP contribution < -0.4 is 10.1 Å². The lowest BCUT2D eigenvalue weighted by molar-refractivity contribution is -0.111. The largest absolute Gasteiger partial charge is 0.433 e. The minimum absolute atomic E-state index is 0.0691. The molecule has 6 heteroatoms. The summed E-state index contributed by atoms with van der Waals surface area (Å²) >= 11 is 1.49. The van der Waals surface area contributed by atoms with E-state index in [1.807, 2.05) is 17.5 Å². The Morgan fingerprint density at radius 1 is 1.25 bits per heavy atom. The van der Waals surface area contributed by atoms with E-state index in [9.17, 15) is 13.6 Å². The first-order chi connectivity index (χ1) is 9.65. The van der Waals surface area contributed by atoms with E-state index < -0.39 is 12.5 Å². The maximum absolute atomic E-state index is 12.2. The number of amides is 1. The lowest BCUT2D eigenvalue weighted by atomic mass is 10.3. The second-order valence-electron chi connectivity index (χ2n) is 3.71. The van der Waals surface area contributed by atoms with Crippen molar-refractivity contribution >= 4 is 29.0 Å². The van der Waals surface area contributed by atoms with Crippen LogP contribution in [0.15, 0.2) is 47.9 Å². The molecule has 1 aromatic heterocycles. The maximum Gasteiger partial charge on any atom is 0.387 e. The van der Waals surface area contributed by atoms with Gasteiger partial charge >= 0.3 is 6.61 Å². The summed E-state index contributed by atoms with van der Waals surface area (Å²) in [5.74, 6) is -0.482. The highest BCUT2D eigenvalue weighted by Gasteiger charge is 2.10. The Labute approximate surface area is 118 Å². The van der Waals surface area contributed by atoms with Crippen molar-refractivity contribution in [3.63, 3.8) is 0 Å². The molecular formula is C14H11F2NO2S. The summed E-state index contributed by atoms with van der Waals surface area (Å²) in [6, 6.07) is 9.77. The Balaban J connectivity index is 2.04. The third-order valence-corrected chi connectivity index (χ3v) is 3.14. The van der Waals surface area contributed by atoms with Gasteiger partial charge in [-0.3, -0.25) is 4.79 Å². The molecule has 20 heavy (non-hydrogen) atoms. The molecule has 2 aromatic rings. The highest BCUT2D eigenvalue weighted by Crippen LogP contribution is 2.25. The third-order valence-electron chi connectivity index (χ3n) is 2.30. The fourth-order valence-corrected chi connectivity index (χ4v) is 2.10. The number of hydrogen-bond acceptors (Lipinski definition) is 3. The smallest absolute Gasteiger partial charge is 0.387 e. The number of ether oxygens (including phenoxy) is 1. The summed E-state index contributed by atoms with van der Waals surface area (Å²) in [5, 5.41) is 4.39. The molecule has 0 spiro atoms. The number of rotatable bonds is 5. The van der Waals surface area contributed by atoms with Gasteiger partial charge in [-0.05, 0) is 29.7 Å². The number of carbonyl (C=O) groups is 1. The number of para-hydroxylation sites is 2. The normalized spacial score (nSPS) is 10.9. The molecule has 0 fully saturated rings. The Kier molecular flexibility index (Phi) is 4.84. The van der Waals surface area contributed by atoms with Gasteiger partial charge < -0.3 is 10.1 Å². The zero-order valence-corrected chi connectivity index (χ0v) is 11.1. The molecule has 0 aliphatic carbocycles. The topological polar surface area (TPSA) is 38.3 Å². The van der Waals surface area contributed by atoms with Crippen LogP contribution in [0.1, 0.15) is 4.88 Å². The van der Waals surface area contributed by atoms with Crippen LogP contribution in [0.3, 0.4) is 0 Å². The van der Waals surface area contributed by atoms with E-state index in [1.54, 1.807) is 18.2 Å². The van der Waals surface area contributed by atoms with E-state index in [1.165, 1.54) is 29.5 Å². The van der Waals surface area contributed by atoms with Crippen molar-refractivity contribution in [2.24, 2.45) is 0 Å². The van der Waals surface area contributed by atoms with Crippen molar-refractivity contribution in [1.29, 1.82) is 0 Å². The number of nitrogens with one attached hydrogen (secondary N) is 1. The minimum atomic E-state index is -2.94. The van der Waals surface area contributed by atoms with Crippen LogP contribution >= 0.6 is 11.3 Å². The molecule has 1 N–H and O–H groups in total. The maximum atomic E-state index is 12.2. The molecule has 3 nitrogen and oxygen atoms in total. The standard InChI is InChI=1S/C14H11F2NO2S/c15-14(16)19-12-6-2-1-5-11(12)17-13(18)8-7-10-4-3-9-20-10/h1-9,14H,(H,17,18). The van der Waals surface area contributed by atoms with Crippen LogP contribution in [0.25, 0.3) is 6.08 Å². The van der Waals surface area contributed by atoms with Gasteiger partial charge in [0.25, 0.3) is 0 Å². The summed E-state index contributed by atoms with van der Waals surface area (Å²) in [4.78, 5) is 12.6. The average Bonchev–Trinajstić information content (AvgIpc) is 2.91. The quantitative estimate of drug-likeness (QED) is 0.847. The average molecular weight is 295 g/mol. The van der Waals surface area contributed by atoms with Crippen molar-refractivity contribution in [2.75, 3.05) is 5.32 Å². The van der Waals surface area contributed by atoms with Gasteiger partial charge in [0.2, 0.25) is 5.91 Å². The number of thiophene rings is 1. The van der Waals surface area contributed by atoms with Crippen LogP contribution in [-0.4, -0.2) is 12.5 Å². The molecule has 0 saturated heterocycles. The number of hydrogen-bond donors (Lipinski definition) is 1. The molecule has 0 radical (unpaired) electrons. The Hall–Kier alpha value is -2.21. The summed E-state index contributed by atoms with van der Waals surface area (Å²) in [5.41, 5.74) is 0.202. The number of anilines is 1. The first kappa shape index (κ1) is 14.2. The van der Waals surface area contributed by atoms with Gasteiger partial charge in [-0.1, -0.05) is 18.2 Å². The molecule has 1 heterocycles. The first-order valence-corrected chi connectivity index (χ1v) is 6.59. The van der Waals surface area contributed by atoms with Crippen LogP contribution in [0.2, 0.25) is 0 Å². The van der Waals surface area contributed by atoms with Gasteiger partial charge in [-0.25, -0.2) is 0 Å². The molecule has 0 aliphatic rings. The van der Waals surface area contributed by atoms with Gasteiger partial charge in [-0.15, -0.1) is 11.3 Å². The molecule has 104 valence electrons. The fourth-order valence-electron chi connectivity index (χ4n) is 1.49. The molecule has 0 bridgehead atoms. The number of carbonyl (C=O) groups excluding carboxylic acids is 1. The predicted molar refractivity (Wildman–Crippen MR) is 75.1 cm³/mol. The van der Waals surface area contributed by atoms with E-state index in [2.05, 4.69) is 10.1 Å². The van der Waals surface area contributed by atoms with E-state index in [0.29, 0.717) is 0 Å². The number of benzene rings is 1. The predicted octanol–water partition coefficient (Wildman–Crippen LogP) is 4.00. The highest BCUT2D eigenvalue weighted by atomic mass is 32.1. The molecule has 0 atom stereocenters. The van der Waals surface area contributed by atoms with E-state index in [4.69, 9.17) is 0 Å². The van der Waals surface area contributed by atoms with Crippen molar-refractivity contribution in [3.05, 3.63) is 52.7 Å². The molecule has 1 amide bonds. The summed E-state index contributed by atoms with van der Waals surface area (Å²) in [6.45, 7) is -2.94. The van der Waals surface area contributed by atoms with E-state index in [-0.39, 0.29) is 11.4 Å². The number of halogens is 2. The second-order valence-corrected chi connectivity index (χ2v) is 4.69. The van der Waals surface area contributed by atoms with Crippen molar-refractivity contribution in [3.8, 4) is 5.75 Å². The van der Waals surface area contributed by atoms with E-state index >= 15 is 0 Å². The number of alkyl halides is 2. The van der Waals surface area contributed by atoms with Gasteiger partial charge in [-0.2, -0.15) is 8.78 Å². The Morgan fingerprint density at radius 3 is 2.75 bits per heavy atom. The summed E-state index contributed by atoms with van der Waals surface area (Å²) in [7, 11) is 0. The van der Waals surface area contributed by atoms with Gasteiger partial charge in [0.05, 0.1) is 5.69 Å². The molecule has 0 unspecified atom stereocenters. The van der Waals surface area contributed by atoms with Gasteiger partial charge in [0, 0.05) is 11.0 Å².